The zero-order valence-electron chi connectivity index (χ0n) is 9.05. The SMILES string of the molecule is [N-]=[N+]=C1C=CC(S(=O)(=O)O)=C2C=CCC(=[N+]=[N-])C12. The van der Waals surface area contributed by atoms with Gasteiger partial charge in [-0.15, -0.1) is 0 Å². The van der Waals surface area contributed by atoms with E-state index in [9.17, 15) is 8.42 Å². The highest BCUT2D eigenvalue weighted by molar-refractivity contribution is 7.90. The molecule has 0 spiro atoms. The maximum atomic E-state index is 11.2. The molecule has 0 heterocycles. The molecule has 92 valence electrons. The van der Waals surface area contributed by atoms with Gasteiger partial charge in [-0.3, -0.25) is 4.55 Å². The molecule has 0 aromatic heterocycles. The summed E-state index contributed by atoms with van der Waals surface area (Å²) in [5.41, 5.74) is 18.4. The number of hydrogen-bond acceptors (Lipinski definition) is 2. The Hall–Kier alpha value is -2.11. The molecule has 18 heavy (non-hydrogen) atoms. The molecule has 0 aliphatic heterocycles. The van der Waals surface area contributed by atoms with Crippen molar-refractivity contribution in [3.05, 3.63) is 45.8 Å². The van der Waals surface area contributed by atoms with Crippen LogP contribution >= 0.6 is 0 Å². The molecule has 0 aromatic carbocycles. The smallest absolute Gasteiger partial charge is 0.311 e. The lowest BCUT2D eigenvalue weighted by molar-refractivity contribution is -0.0218. The number of nitrogens with zero attached hydrogens (tertiary/aromatic N) is 4. The second kappa shape index (κ2) is 4.29. The molecule has 7 nitrogen and oxygen atoms in total. The molecule has 1 N–H and O–H groups in total. The van der Waals surface area contributed by atoms with Crippen LogP contribution < -0.4 is 0 Å². The highest BCUT2D eigenvalue weighted by atomic mass is 32.2. The predicted molar refractivity (Wildman–Crippen MR) is 62.2 cm³/mol. The maximum absolute atomic E-state index is 11.2. The predicted octanol–water partition coefficient (Wildman–Crippen LogP) is 0.616. The summed E-state index contributed by atoms with van der Waals surface area (Å²) in [5.74, 6) is -0.771. The van der Waals surface area contributed by atoms with Gasteiger partial charge in [0.1, 0.15) is 0 Å². The minimum Gasteiger partial charge on any atom is -0.362 e. The van der Waals surface area contributed by atoms with Gasteiger partial charge >= 0.3 is 5.71 Å². The van der Waals surface area contributed by atoms with Crippen LogP contribution in [0.1, 0.15) is 6.42 Å². The zero-order chi connectivity index (χ0) is 13.3. The highest BCUT2D eigenvalue weighted by Crippen LogP contribution is 2.31. The van der Waals surface area contributed by atoms with E-state index in [2.05, 4.69) is 9.58 Å². The average Bonchev–Trinajstić information content (AvgIpc) is 2.35. The summed E-state index contributed by atoms with van der Waals surface area (Å²) in [6.07, 6.45) is 5.79. The first kappa shape index (κ1) is 12.3. The molecule has 0 saturated carbocycles. The Morgan fingerprint density at radius 1 is 1.22 bits per heavy atom. The van der Waals surface area contributed by atoms with E-state index in [0.717, 1.165) is 6.08 Å². The number of fused-ring (bicyclic) bond motifs is 1. The zero-order valence-corrected chi connectivity index (χ0v) is 9.87. The fourth-order valence-electron chi connectivity index (χ4n) is 2.03. The van der Waals surface area contributed by atoms with Gasteiger partial charge in [-0.2, -0.15) is 18.0 Å². The van der Waals surface area contributed by atoms with Gasteiger partial charge in [-0.05, 0) is 11.6 Å². The lowest BCUT2D eigenvalue weighted by Gasteiger charge is -2.17. The van der Waals surface area contributed by atoms with Crippen molar-refractivity contribution >= 4 is 21.5 Å². The number of allylic oxidation sites excluding steroid dienone is 5. The van der Waals surface area contributed by atoms with Gasteiger partial charge in [0.25, 0.3) is 15.8 Å². The Morgan fingerprint density at radius 2 is 1.94 bits per heavy atom. The monoisotopic (exact) mass is 264 g/mol. The largest absolute Gasteiger partial charge is 0.362 e. The summed E-state index contributed by atoms with van der Waals surface area (Å²) in [4.78, 5) is 5.82. The van der Waals surface area contributed by atoms with Gasteiger partial charge in [0.15, 0.2) is 5.92 Å². The van der Waals surface area contributed by atoms with Gasteiger partial charge in [0, 0.05) is 6.08 Å². The summed E-state index contributed by atoms with van der Waals surface area (Å²) >= 11 is 0. The van der Waals surface area contributed by atoms with Crippen LogP contribution in [0, 0.1) is 5.92 Å². The van der Waals surface area contributed by atoms with Crippen LogP contribution in [0.3, 0.4) is 0 Å². The lowest BCUT2D eigenvalue weighted by Crippen LogP contribution is -2.31. The molecule has 8 heteroatoms. The van der Waals surface area contributed by atoms with E-state index >= 15 is 0 Å². The molecule has 0 saturated heterocycles. The topological polar surface area (TPSA) is 127 Å². The standard InChI is InChI=1S/C10H8N4O3S/c11-13-7-3-1-2-6-9(18(15,16)17)5-4-8(14-12)10(6)7/h1-2,4-5,10H,3H2,(H,15,16,17). The van der Waals surface area contributed by atoms with Crippen molar-refractivity contribution in [1.29, 1.82) is 0 Å². The normalized spacial score (nSPS) is 22.6. The van der Waals surface area contributed by atoms with Crippen LogP contribution in [0.5, 0.6) is 0 Å². The van der Waals surface area contributed by atoms with E-state index in [1.165, 1.54) is 12.2 Å². The van der Waals surface area contributed by atoms with E-state index in [0.29, 0.717) is 6.42 Å². The van der Waals surface area contributed by atoms with E-state index < -0.39 is 16.0 Å². The molecule has 2 rings (SSSR count). The molecule has 1 atom stereocenters. The third kappa shape index (κ3) is 1.90. The van der Waals surface area contributed by atoms with Crippen LogP contribution in [0.15, 0.2) is 34.8 Å². The molecule has 2 aliphatic rings. The molecule has 2 aliphatic carbocycles. The van der Waals surface area contributed by atoms with Crippen molar-refractivity contribution in [2.24, 2.45) is 5.92 Å². The second-order valence-corrected chi connectivity index (χ2v) is 5.17. The molecule has 0 radical (unpaired) electrons. The summed E-state index contributed by atoms with van der Waals surface area (Å²) in [6.45, 7) is 0. The molecular formula is C10H8N4O3S. The molecule has 1 unspecified atom stereocenters. The number of hydrogen-bond donors (Lipinski definition) is 1. The maximum Gasteiger partial charge on any atom is 0.311 e. The Labute approximate surface area is 103 Å². The fourth-order valence-corrected chi connectivity index (χ4v) is 2.76. The Morgan fingerprint density at radius 3 is 2.50 bits per heavy atom. The van der Waals surface area contributed by atoms with Gasteiger partial charge in [0.2, 0.25) is 0 Å². The fraction of sp³-hybridized carbons (Fsp3) is 0.200. The first-order valence-corrected chi connectivity index (χ1v) is 6.42. The van der Waals surface area contributed by atoms with Crippen LogP contribution in [-0.4, -0.2) is 34.0 Å². The quantitative estimate of drug-likeness (QED) is 0.423. The van der Waals surface area contributed by atoms with Crippen molar-refractivity contribution in [1.82, 2.24) is 0 Å². The van der Waals surface area contributed by atoms with Gasteiger partial charge in [-0.25, -0.2) is 0 Å². The van der Waals surface area contributed by atoms with E-state index in [1.807, 2.05) is 0 Å². The highest BCUT2D eigenvalue weighted by Gasteiger charge is 2.42. The molecule has 0 bridgehead atoms. The minimum atomic E-state index is -4.39. The summed E-state index contributed by atoms with van der Waals surface area (Å²) in [7, 11) is -4.39. The van der Waals surface area contributed by atoms with Crippen molar-refractivity contribution in [3.63, 3.8) is 0 Å². The Bertz CT molecular complexity index is 701. The van der Waals surface area contributed by atoms with E-state index in [-0.39, 0.29) is 21.9 Å². The van der Waals surface area contributed by atoms with Crippen LogP contribution in [0.4, 0.5) is 0 Å². The van der Waals surface area contributed by atoms with Crippen LogP contribution in [0.25, 0.3) is 11.1 Å². The molecular weight excluding hydrogens is 256 g/mol. The summed E-state index contributed by atoms with van der Waals surface area (Å²) < 4.78 is 31.6. The second-order valence-electron chi connectivity index (χ2n) is 3.78. The molecule has 0 amide bonds. The van der Waals surface area contributed by atoms with Crippen LogP contribution in [-0.2, 0) is 10.1 Å². The van der Waals surface area contributed by atoms with Gasteiger partial charge in [0.05, 0.1) is 11.3 Å². The third-order valence-electron chi connectivity index (χ3n) is 2.78. The Kier molecular flexibility index (Phi) is 2.94. The van der Waals surface area contributed by atoms with Crippen LogP contribution in [0.2, 0.25) is 0 Å². The van der Waals surface area contributed by atoms with Gasteiger partial charge in [-0.1, -0.05) is 12.2 Å². The first-order valence-electron chi connectivity index (χ1n) is 4.98. The van der Waals surface area contributed by atoms with Crippen molar-refractivity contribution in [3.8, 4) is 0 Å². The van der Waals surface area contributed by atoms with E-state index in [4.69, 9.17) is 15.6 Å². The first-order chi connectivity index (χ1) is 8.49. The van der Waals surface area contributed by atoms with Gasteiger partial charge < -0.3 is 11.1 Å². The third-order valence-corrected chi connectivity index (χ3v) is 3.70. The van der Waals surface area contributed by atoms with Crippen molar-refractivity contribution in [2.75, 3.05) is 0 Å². The Balaban J connectivity index is 2.79. The van der Waals surface area contributed by atoms with Crippen molar-refractivity contribution in [2.45, 2.75) is 6.42 Å². The number of rotatable bonds is 1. The molecule has 0 aromatic rings. The van der Waals surface area contributed by atoms with Crippen molar-refractivity contribution < 1.29 is 22.6 Å². The molecule has 0 fully saturated rings. The van der Waals surface area contributed by atoms with E-state index in [1.54, 1.807) is 6.08 Å². The summed E-state index contributed by atoms with van der Waals surface area (Å²) in [5, 5.41) is 0. The minimum absolute atomic E-state index is 0.148. The lowest BCUT2D eigenvalue weighted by atomic mass is 9.81. The summed E-state index contributed by atoms with van der Waals surface area (Å²) in [6, 6.07) is 0. The average molecular weight is 264 g/mol.